The predicted molar refractivity (Wildman–Crippen MR) is 144 cm³/mol. The van der Waals surface area contributed by atoms with E-state index in [-0.39, 0.29) is 18.8 Å². The Bertz CT molecular complexity index is 1370. The van der Waals surface area contributed by atoms with Gasteiger partial charge in [0.25, 0.3) is 0 Å². The summed E-state index contributed by atoms with van der Waals surface area (Å²) < 4.78 is 5.80. The molecule has 5 heteroatoms. The molecule has 4 aromatic carbocycles. The van der Waals surface area contributed by atoms with Gasteiger partial charge in [0.2, 0.25) is 0 Å². The molecule has 5 nitrogen and oxygen atoms in total. The van der Waals surface area contributed by atoms with Crippen molar-refractivity contribution >= 4 is 10.8 Å². The number of rotatable bonds is 10. The van der Waals surface area contributed by atoms with Crippen LogP contribution in [0.15, 0.2) is 84.9 Å². The number of benzene rings is 4. The Labute approximate surface area is 212 Å². The van der Waals surface area contributed by atoms with Crippen molar-refractivity contribution in [2.24, 2.45) is 0 Å². The van der Waals surface area contributed by atoms with Crippen molar-refractivity contribution in [1.82, 2.24) is 5.32 Å². The Kier molecular flexibility index (Phi) is 8.02. The molecule has 0 amide bonds. The molecule has 0 fully saturated rings. The normalized spacial score (nSPS) is 12.3. The summed E-state index contributed by atoms with van der Waals surface area (Å²) in [6.45, 7) is 4.65. The summed E-state index contributed by atoms with van der Waals surface area (Å²) in [7, 11) is 0. The third-order valence-electron chi connectivity index (χ3n) is 6.25. The first-order chi connectivity index (χ1) is 17.4. The highest BCUT2D eigenvalue weighted by Crippen LogP contribution is 2.27. The van der Waals surface area contributed by atoms with Gasteiger partial charge in [0.05, 0.1) is 12.2 Å². The minimum Gasteiger partial charge on any atom is -0.489 e. The van der Waals surface area contributed by atoms with E-state index in [0.717, 1.165) is 23.1 Å². The molecule has 1 atom stereocenters. The summed E-state index contributed by atoms with van der Waals surface area (Å²) in [5.74, 6) is 0.439. The molecule has 0 bridgehead atoms. The van der Waals surface area contributed by atoms with Crippen molar-refractivity contribution in [3.05, 3.63) is 102 Å². The Morgan fingerprint density at radius 2 is 1.67 bits per heavy atom. The zero-order chi connectivity index (χ0) is 25.5. The first kappa shape index (κ1) is 25.4. The fourth-order valence-corrected chi connectivity index (χ4v) is 4.33. The first-order valence-electron chi connectivity index (χ1n) is 12.1. The monoisotopic (exact) mass is 480 g/mol. The van der Waals surface area contributed by atoms with Crippen molar-refractivity contribution in [1.29, 1.82) is 5.26 Å². The maximum Gasteiger partial charge on any atom is 0.137 e. The molecule has 4 rings (SSSR count). The Morgan fingerprint density at radius 3 is 2.44 bits per heavy atom. The van der Waals surface area contributed by atoms with Crippen LogP contribution in [0, 0.1) is 11.3 Å². The molecular formula is C31H32N2O3. The molecule has 0 aliphatic carbocycles. The smallest absolute Gasteiger partial charge is 0.137 e. The minimum absolute atomic E-state index is 0.0366. The van der Waals surface area contributed by atoms with Gasteiger partial charge in [-0.25, -0.2) is 0 Å². The molecule has 184 valence electrons. The quantitative estimate of drug-likeness (QED) is 0.290. The van der Waals surface area contributed by atoms with Gasteiger partial charge < -0.3 is 20.3 Å². The first-order valence-corrected chi connectivity index (χ1v) is 12.1. The Morgan fingerprint density at radius 1 is 0.889 bits per heavy atom. The molecule has 0 aliphatic heterocycles. The molecule has 0 aliphatic rings. The van der Waals surface area contributed by atoms with Crippen LogP contribution < -0.4 is 10.1 Å². The van der Waals surface area contributed by atoms with Gasteiger partial charge in [-0.1, -0.05) is 66.7 Å². The topological polar surface area (TPSA) is 85.5 Å². The van der Waals surface area contributed by atoms with Crippen LogP contribution in [0.3, 0.4) is 0 Å². The molecule has 0 saturated heterocycles. The second-order valence-electron chi connectivity index (χ2n) is 9.77. The minimum atomic E-state index is -0.728. The van der Waals surface area contributed by atoms with E-state index in [4.69, 9.17) is 4.74 Å². The highest BCUT2D eigenvalue weighted by molar-refractivity contribution is 5.83. The number of nitrogens with zero attached hydrogens (tertiary/aromatic N) is 1. The Hall–Kier alpha value is -3.69. The fraction of sp³-hybridized carbons (Fsp3) is 0.258. The van der Waals surface area contributed by atoms with E-state index in [1.165, 1.54) is 16.3 Å². The van der Waals surface area contributed by atoms with E-state index in [2.05, 4.69) is 55.6 Å². The van der Waals surface area contributed by atoms with Gasteiger partial charge in [0.1, 0.15) is 24.5 Å². The Balaban J connectivity index is 1.33. The van der Waals surface area contributed by atoms with Gasteiger partial charge in [-0.3, -0.25) is 0 Å². The van der Waals surface area contributed by atoms with Crippen molar-refractivity contribution in [2.75, 3.05) is 13.2 Å². The van der Waals surface area contributed by atoms with Crippen molar-refractivity contribution in [3.8, 4) is 22.9 Å². The molecule has 4 aromatic rings. The van der Waals surface area contributed by atoms with Gasteiger partial charge >= 0.3 is 0 Å². The number of hydrogen-bond donors (Lipinski definition) is 3. The second kappa shape index (κ2) is 11.4. The number of hydrogen-bond acceptors (Lipinski definition) is 5. The van der Waals surface area contributed by atoms with E-state index in [0.29, 0.717) is 17.9 Å². The number of fused-ring (bicyclic) bond motifs is 1. The number of aliphatic hydroxyl groups is 2. The lowest BCUT2D eigenvalue weighted by molar-refractivity contribution is 0.0987. The summed E-state index contributed by atoms with van der Waals surface area (Å²) in [5.41, 5.74) is 4.02. The summed E-state index contributed by atoms with van der Waals surface area (Å²) in [5, 5.41) is 35.4. The molecule has 1 unspecified atom stereocenters. The average Bonchev–Trinajstić information content (AvgIpc) is 2.90. The highest BCUT2D eigenvalue weighted by Gasteiger charge is 2.20. The number of aliphatic hydroxyl groups excluding tert-OH is 2. The second-order valence-corrected chi connectivity index (χ2v) is 9.77. The zero-order valence-corrected chi connectivity index (χ0v) is 20.7. The number of ether oxygens (including phenoxy) is 1. The standard InChI is InChI=1S/C31H32N2O3/c1-31(2,17-22-10-11-24-7-3-4-8-25(24)14-22)33-19-29(35)21-36-30-13-12-27(16-28(30)18-32)26-9-5-6-23(15-26)20-34/h3-16,29,33-35H,17,19-21H2,1-2H3. The van der Waals surface area contributed by atoms with E-state index < -0.39 is 6.10 Å². The lowest BCUT2D eigenvalue weighted by Crippen LogP contribution is -2.46. The van der Waals surface area contributed by atoms with E-state index >= 15 is 0 Å². The molecule has 0 aromatic heterocycles. The number of nitriles is 1. The van der Waals surface area contributed by atoms with E-state index in [9.17, 15) is 15.5 Å². The molecule has 0 heterocycles. The van der Waals surface area contributed by atoms with Crippen molar-refractivity contribution in [2.45, 2.75) is 38.5 Å². The maximum absolute atomic E-state index is 10.5. The average molecular weight is 481 g/mol. The molecule has 0 spiro atoms. The SMILES string of the molecule is CC(C)(Cc1ccc2ccccc2c1)NCC(O)COc1ccc(-c2cccc(CO)c2)cc1C#N. The molecule has 3 N–H and O–H groups in total. The maximum atomic E-state index is 10.5. The van der Waals surface area contributed by atoms with E-state index in [1.807, 2.05) is 42.5 Å². The summed E-state index contributed by atoms with van der Waals surface area (Å²) in [6.07, 6.45) is 0.0940. The van der Waals surface area contributed by atoms with Crippen LogP contribution in [0.2, 0.25) is 0 Å². The zero-order valence-electron chi connectivity index (χ0n) is 20.7. The summed E-state index contributed by atoms with van der Waals surface area (Å²) >= 11 is 0. The third-order valence-corrected chi connectivity index (χ3v) is 6.25. The van der Waals surface area contributed by atoms with Gasteiger partial charge in [0, 0.05) is 12.1 Å². The van der Waals surface area contributed by atoms with Crippen LogP contribution in [0.25, 0.3) is 21.9 Å². The van der Waals surface area contributed by atoms with Crippen LogP contribution in [-0.2, 0) is 13.0 Å². The van der Waals surface area contributed by atoms with Crippen LogP contribution in [0.1, 0.15) is 30.5 Å². The van der Waals surface area contributed by atoms with E-state index in [1.54, 1.807) is 12.1 Å². The van der Waals surface area contributed by atoms with Gasteiger partial charge in [-0.2, -0.15) is 5.26 Å². The molecule has 36 heavy (non-hydrogen) atoms. The molecular weight excluding hydrogens is 448 g/mol. The number of nitrogens with one attached hydrogen (secondary N) is 1. The third kappa shape index (κ3) is 6.50. The molecule has 0 radical (unpaired) electrons. The van der Waals surface area contributed by atoms with Crippen molar-refractivity contribution < 1.29 is 14.9 Å². The van der Waals surface area contributed by atoms with Crippen LogP contribution in [-0.4, -0.2) is 35.0 Å². The highest BCUT2D eigenvalue weighted by atomic mass is 16.5. The fourth-order valence-electron chi connectivity index (χ4n) is 4.33. The number of β-amino-alcohol motifs (C(OH)–C–C–N with tert-alkyl or cyclic N) is 1. The summed E-state index contributed by atoms with van der Waals surface area (Å²) in [6, 6.07) is 30.0. The van der Waals surface area contributed by atoms with Crippen LogP contribution >= 0.6 is 0 Å². The predicted octanol–water partition coefficient (Wildman–Crippen LogP) is 5.22. The van der Waals surface area contributed by atoms with Gasteiger partial charge in [-0.05, 0) is 71.5 Å². The van der Waals surface area contributed by atoms with Crippen LogP contribution in [0.5, 0.6) is 5.75 Å². The lowest BCUT2D eigenvalue weighted by Gasteiger charge is -2.28. The van der Waals surface area contributed by atoms with Crippen molar-refractivity contribution in [3.63, 3.8) is 0 Å². The van der Waals surface area contributed by atoms with Crippen LogP contribution in [0.4, 0.5) is 0 Å². The largest absolute Gasteiger partial charge is 0.489 e. The molecule has 0 saturated carbocycles. The van der Waals surface area contributed by atoms with Gasteiger partial charge in [-0.15, -0.1) is 0 Å². The lowest BCUT2D eigenvalue weighted by atomic mass is 9.93. The van der Waals surface area contributed by atoms with Gasteiger partial charge in [0.15, 0.2) is 0 Å². The summed E-state index contributed by atoms with van der Waals surface area (Å²) in [4.78, 5) is 0.